The summed E-state index contributed by atoms with van der Waals surface area (Å²) in [6.45, 7) is -0.943. The SMILES string of the molecule is CNc1cc(N(CC(F)(F)F)C2CC2)nc(C2CC2)n1. The first-order valence-electron chi connectivity index (χ1n) is 6.86. The number of hydrogen-bond acceptors (Lipinski definition) is 4. The van der Waals surface area contributed by atoms with Gasteiger partial charge >= 0.3 is 6.18 Å². The van der Waals surface area contributed by atoms with Gasteiger partial charge in [0.05, 0.1) is 0 Å². The molecule has 1 aromatic rings. The molecule has 0 unspecified atom stereocenters. The number of nitrogens with one attached hydrogen (secondary N) is 1. The van der Waals surface area contributed by atoms with Gasteiger partial charge in [-0.25, -0.2) is 9.97 Å². The van der Waals surface area contributed by atoms with E-state index in [1.54, 1.807) is 13.1 Å². The van der Waals surface area contributed by atoms with Crippen molar-refractivity contribution in [3.05, 3.63) is 11.9 Å². The summed E-state index contributed by atoms with van der Waals surface area (Å²) in [7, 11) is 1.72. The van der Waals surface area contributed by atoms with Gasteiger partial charge in [0.25, 0.3) is 0 Å². The summed E-state index contributed by atoms with van der Waals surface area (Å²) in [6.07, 6.45) is -0.570. The summed E-state index contributed by atoms with van der Waals surface area (Å²) < 4.78 is 38.2. The number of anilines is 2. The van der Waals surface area contributed by atoms with Crippen molar-refractivity contribution in [1.29, 1.82) is 0 Å². The van der Waals surface area contributed by atoms with E-state index in [0.29, 0.717) is 23.4 Å². The topological polar surface area (TPSA) is 41.0 Å². The number of aromatic nitrogens is 2. The third kappa shape index (κ3) is 3.13. The van der Waals surface area contributed by atoms with Crippen LogP contribution in [-0.2, 0) is 0 Å². The fraction of sp³-hybridized carbons (Fsp3) is 0.692. The Bertz CT molecular complexity index is 495. The molecule has 0 bridgehead atoms. The monoisotopic (exact) mass is 286 g/mol. The lowest BCUT2D eigenvalue weighted by molar-refractivity contribution is -0.120. The zero-order chi connectivity index (χ0) is 14.3. The highest BCUT2D eigenvalue weighted by Crippen LogP contribution is 2.40. The maximum atomic E-state index is 12.7. The number of nitrogens with zero attached hydrogens (tertiary/aromatic N) is 3. The largest absolute Gasteiger partial charge is 0.405 e. The molecule has 110 valence electrons. The molecule has 3 rings (SSSR count). The predicted molar refractivity (Wildman–Crippen MR) is 70.0 cm³/mol. The van der Waals surface area contributed by atoms with Crippen LogP contribution in [0.15, 0.2) is 6.07 Å². The third-order valence-corrected chi connectivity index (χ3v) is 3.56. The molecule has 0 atom stereocenters. The first-order chi connectivity index (χ1) is 9.46. The molecular weight excluding hydrogens is 269 g/mol. The van der Waals surface area contributed by atoms with Crippen LogP contribution < -0.4 is 10.2 Å². The first kappa shape index (κ1) is 13.5. The molecule has 0 radical (unpaired) electrons. The maximum absolute atomic E-state index is 12.7. The van der Waals surface area contributed by atoms with Gasteiger partial charge in [-0.15, -0.1) is 0 Å². The minimum absolute atomic E-state index is 0.0386. The van der Waals surface area contributed by atoms with Crippen molar-refractivity contribution >= 4 is 11.6 Å². The summed E-state index contributed by atoms with van der Waals surface area (Å²) in [5, 5.41) is 2.91. The number of halogens is 3. The number of rotatable bonds is 5. The Labute approximate surface area is 115 Å². The Morgan fingerprint density at radius 2 is 1.95 bits per heavy atom. The first-order valence-corrected chi connectivity index (χ1v) is 6.86. The van der Waals surface area contributed by atoms with Crippen LogP contribution in [0, 0.1) is 0 Å². The summed E-state index contributed by atoms with van der Waals surface area (Å²) >= 11 is 0. The average molecular weight is 286 g/mol. The van der Waals surface area contributed by atoms with E-state index in [1.807, 2.05) is 0 Å². The van der Waals surface area contributed by atoms with Gasteiger partial charge in [0.15, 0.2) is 0 Å². The second kappa shape index (κ2) is 4.79. The molecule has 0 amide bonds. The van der Waals surface area contributed by atoms with Crippen molar-refractivity contribution in [3.8, 4) is 0 Å². The van der Waals surface area contributed by atoms with Crippen molar-refractivity contribution in [2.45, 2.75) is 43.8 Å². The molecule has 0 aliphatic heterocycles. The molecule has 2 aliphatic carbocycles. The lowest BCUT2D eigenvalue weighted by Crippen LogP contribution is -2.36. The van der Waals surface area contributed by atoms with E-state index in [4.69, 9.17) is 0 Å². The Balaban J connectivity index is 1.90. The molecule has 2 aliphatic rings. The smallest absolute Gasteiger partial charge is 0.373 e. The molecule has 1 N–H and O–H groups in total. The Kier molecular flexibility index (Phi) is 3.22. The Hall–Kier alpha value is -1.53. The van der Waals surface area contributed by atoms with Crippen LogP contribution in [0.3, 0.4) is 0 Å². The van der Waals surface area contributed by atoms with Gasteiger partial charge in [-0.3, -0.25) is 0 Å². The van der Waals surface area contributed by atoms with Crippen molar-refractivity contribution in [3.63, 3.8) is 0 Å². The van der Waals surface area contributed by atoms with E-state index in [9.17, 15) is 13.2 Å². The van der Waals surface area contributed by atoms with E-state index < -0.39 is 12.7 Å². The van der Waals surface area contributed by atoms with E-state index in [1.165, 1.54) is 4.90 Å². The summed E-state index contributed by atoms with van der Waals surface area (Å²) in [4.78, 5) is 10.1. The predicted octanol–water partition coefficient (Wildman–Crippen LogP) is 2.93. The van der Waals surface area contributed by atoms with Gasteiger partial charge in [0, 0.05) is 25.1 Å². The third-order valence-electron chi connectivity index (χ3n) is 3.56. The van der Waals surface area contributed by atoms with Crippen LogP contribution in [0.2, 0.25) is 0 Å². The van der Waals surface area contributed by atoms with Crippen molar-refractivity contribution < 1.29 is 13.2 Å². The molecule has 2 saturated carbocycles. The highest BCUT2D eigenvalue weighted by molar-refractivity contribution is 5.51. The summed E-state index contributed by atoms with van der Waals surface area (Å²) in [5.74, 6) is 1.96. The molecule has 0 saturated heterocycles. The van der Waals surface area contributed by atoms with E-state index in [-0.39, 0.29) is 6.04 Å². The van der Waals surface area contributed by atoms with Crippen molar-refractivity contribution in [2.75, 3.05) is 23.8 Å². The minimum Gasteiger partial charge on any atom is -0.373 e. The quantitative estimate of drug-likeness (QED) is 0.903. The molecule has 0 spiro atoms. The van der Waals surface area contributed by atoms with Crippen LogP contribution in [0.4, 0.5) is 24.8 Å². The normalized spacial score (nSPS) is 19.0. The molecule has 4 nitrogen and oxygen atoms in total. The second-order valence-corrected chi connectivity index (χ2v) is 5.47. The molecular formula is C13H17F3N4. The van der Waals surface area contributed by atoms with Crippen molar-refractivity contribution in [1.82, 2.24) is 9.97 Å². The van der Waals surface area contributed by atoms with E-state index in [2.05, 4.69) is 15.3 Å². The lowest BCUT2D eigenvalue weighted by Gasteiger charge is -2.25. The van der Waals surface area contributed by atoms with Gasteiger partial charge in [0.1, 0.15) is 24.0 Å². The van der Waals surface area contributed by atoms with Gasteiger partial charge in [-0.1, -0.05) is 0 Å². The fourth-order valence-corrected chi connectivity index (χ4v) is 2.23. The second-order valence-electron chi connectivity index (χ2n) is 5.47. The van der Waals surface area contributed by atoms with Crippen LogP contribution in [0.25, 0.3) is 0 Å². The highest BCUT2D eigenvalue weighted by atomic mass is 19.4. The van der Waals surface area contributed by atoms with Gasteiger partial charge < -0.3 is 10.2 Å². The standard InChI is InChI=1S/C13H17F3N4/c1-17-10-6-11(19-12(18-10)8-2-3-8)20(9-4-5-9)7-13(14,15)16/h6,8-9H,2-5,7H2,1H3,(H,17,18,19). The number of hydrogen-bond donors (Lipinski definition) is 1. The van der Waals surface area contributed by atoms with Crippen LogP contribution in [0.1, 0.15) is 37.4 Å². The average Bonchev–Trinajstić information content (AvgIpc) is 3.27. The molecule has 2 fully saturated rings. The van der Waals surface area contributed by atoms with E-state index >= 15 is 0 Å². The van der Waals surface area contributed by atoms with Crippen LogP contribution >= 0.6 is 0 Å². The molecule has 20 heavy (non-hydrogen) atoms. The van der Waals surface area contributed by atoms with Crippen molar-refractivity contribution in [2.24, 2.45) is 0 Å². The zero-order valence-corrected chi connectivity index (χ0v) is 11.2. The highest BCUT2D eigenvalue weighted by Gasteiger charge is 2.39. The molecule has 7 heteroatoms. The minimum atomic E-state index is -4.22. The number of alkyl halides is 3. The summed E-state index contributed by atoms with van der Waals surface area (Å²) in [6, 6.07) is 1.57. The lowest BCUT2D eigenvalue weighted by atomic mass is 10.3. The molecule has 0 aromatic carbocycles. The molecule has 1 heterocycles. The van der Waals surface area contributed by atoms with Crippen LogP contribution in [0.5, 0.6) is 0 Å². The van der Waals surface area contributed by atoms with Crippen LogP contribution in [-0.4, -0.2) is 35.8 Å². The van der Waals surface area contributed by atoms with Gasteiger partial charge in [-0.2, -0.15) is 13.2 Å². The zero-order valence-electron chi connectivity index (χ0n) is 11.2. The van der Waals surface area contributed by atoms with Gasteiger partial charge in [0.2, 0.25) is 0 Å². The fourth-order valence-electron chi connectivity index (χ4n) is 2.23. The Morgan fingerprint density at radius 1 is 1.25 bits per heavy atom. The maximum Gasteiger partial charge on any atom is 0.405 e. The Morgan fingerprint density at radius 3 is 2.45 bits per heavy atom. The van der Waals surface area contributed by atoms with Gasteiger partial charge in [-0.05, 0) is 25.7 Å². The molecule has 1 aromatic heterocycles. The van der Waals surface area contributed by atoms with E-state index in [0.717, 1.165) is 25.7 Å². The summed E-state index contributed by atoms with van der Waals surface area (Å²) in [5.41, 5.74) is 0.